The highest BCUT2D eigenvalue weighted by molar-refractivity contribution is 7.89. The van der Waals surface area contributed by atoms with E-state index in [2.05, 4.69) is 0 Å². The van der Waals surface area contributed by atoms with Gasteiger partial charge >= 0.3 is 0 Å². The second-order valence-corrected chi connectivity index (χ2v) is 10.4. The second-order valence-electron chi connectivity index (χ2n) is 8.50. The van der Waals surface area contributed by atoms with E-state index >= 15 is 0 Å². The average Bonchev–Trinajstić information content (AvgIpc) is 3.31. The van der Waals surface area contributed by atoms with Crippen molar-refractivity contribution in [1.29, 1.82) is 0 Å². The molecule has 1 aliphatic heterocycles. The van der Waals surface area contributed by atoms with E-state index in [1.54, 1.807) is 12.1 Å². The van der Waals surface area contributed by atoms with Crippen LogP contribution >= 0.6 is 0 Å². The molecule has 1 aromatic carbocycles. The van der Waals surface area contributed by atoms with Crippen molar-refractivity contribution in [1.82, 2.24) is 9.21 Å². The zero-order chi connectivity index (χ0) is 19.9. The predicted octanol–water partition coefficient (Wildman–Crippen LogP) is 2.55. The lowest BCUT2D eigenvalue weighted by Crippen LogP contribution is -2.50. The van der Waals surface area contributed by atoms with Crippen LogP contribution in [0.4, 0.5) is 0 Å². The van der Waals surface area contributed by atoms with Gasteiger partial charge in [-0.3, -0.25) is 9.59 Å². The third-order valence-corrected chi connectivity index (χ3v) is 8.72. The summed E-state index contributed by atoms with van der Waals surface area (Å²) in [6, 6.07) is 6.06. The topological polar surface area (TPSA) is 74.8 Å². The molecule has 152 valence electrons. The molecule has 3 aliphatic rings. The highest BCUT2D eigenvalue weighted by Crippen LogP contribution is 2.49. The Hall–Kier alpha value is -1.73. The summed E-state index contributed by atoms with van der Waals surface area (Å²) >= 11 is 0. The van der Waals surface area contributed by atoms with E-state index in [1.165, 1.54) is 49.0 Å². The number of amides is 1. The number of fused-ring (bicyclic) bond motifs is 2. The molecule has 28 heavy (non-hydrogen) atoms. The van der Waals surface area contributed by atoms with E-state index in [1.807, 2.05) is 4.90 Å². The molecule has 0 N–H and O–H groups in total. The van der Waals surface area contributed by atoms with Crippen molar-refractivity contribution < 1.29 is 18.0 Å². The molecule has 3 atom stereocenters. The first kappa shape index (κ1) is 19.6. The molecule has 1 amide bonds. The van der Waals surface area contributed by atoms with Crippen LogP contribution in [0, 0.1) is 17.8 Å². The third kappa shape index (κ3) is 3.74. The summed E-state index contributed by atoms with van der Waals surface area (Å²) in [4.78, 5) is 26.1. The molecular weight excluding hydrogens is 376 g/mol. The summed E-state index contributed by atoms with van der Waals surface area (Å²) in [6.45, 7) is 2.99. The van der Waals surface area contributed by atoms with Crippen LogP contribution in [-0.4, -0.2) is 55.5 Å². The number of hydrogen-bond donors (Lipinski definition) is 0. The molecule has 0 radical (unpaired) electrons. The minimum Gasteiger partial charge on any atom is -0.340 e. The molecule has 0 aromatic heterocycles. The highest BCUT2D eigenvalue weighted by Gasteiger charge is 2.41. The standard InChI is InChI=1S/C21H28N2O4S/c1-15(24)17-4-6-20(7-5-17)28(26,27)23-10-8-22(9-11-23)21(25)14-19-13-16-2-3-18(19)12-16/h4-7,16,18-19H,2-3,8-14H2,1H3/t16-,18+,19+/m0/s1. The second kappa shape index (κ2) is 7.59. The van der Waals surface area contributed by atoms with Crippen LogP contribution in [0.2, 0.25) is 0 Å². The smallest absolute Gasteiger partial charge is 0.243 e. The van der Waals surface area contributed by atoms with E-state index in [4.69, 9.17) is 0 Å². The number of benzene rings is 1. The molecule has 2 aliphatic carbocycles. The molecule has 0 unspecified atom stereocenters. The highest BCUT2D eigenvalue weighted by atomic mass is 32.2. The van der Waals surface area contributed by atoms with Crippen molar-refractivity contribution >= 4 is 21.7 Å². The Morgan fingerprint density at radius 3 is 2.21 bits per heavy atom. The van der Waals surface area contributed by atoms with Crippen LogP contribution in [0.1, 0.15) is 49.4 Å². The van der Waals surface area contributed by atoms with Gasteiger partial charge in [0.05, 0.1) is 4.90 Å². The molecule has 6 nitrogen and oxygen atoms in total. The maximum atomic E-state index is 12.8. The van der Waals surface area contributed by atoms with Crippen molar-refractivity contribution in [2.45, 2.75) is 43.9 Å². The van der Waals surface area contributed by atoms with Crippen LogP contribution in [0.15, 0.2) is 29.2 Å². The van der Waals surface area contributed by atoms with Gasteiger partial charge in [0.2, 0.25) is 15.9 Å². The number of nitrogens with zero attached hydrogens (tertiary/aromatic N) is 2. The van der Waals surface area contributed by atoms with Crippen molar-refractivity contribution in [2.75, 3.05) is 26.2 Å². The number of ketones is 1. The molecule has 7 heteroatoms. The summed E-state index contributed by atoms with van der Waals surface area (Å²) in [5.41, 5.74) is 0.495. The summed E-state index contributed by atoms with van der Waals surface area (Å²) in [5.74, 6) is 2.19. The Kier molecular flexibility index (Phi) is 5.31. The fourth-order valence-electron chi connectivity index (χ4n) is 5.17. The molecule has 4 rings (SSSR count). The maximum absolute atomic E-state index is 12.8. The van der Waals surface area contributed by atoms with Crippen molar-refractivity contribution in [3.63, 3.8) is 0 Å². The quantitative estimate of drug-likeness (QED) is 0.707. The summed E-state index contributed by atoms with van der Waals surface area (Å²) in [6.07, 6.45) is 5.73. The maximum Gasteiger partial charge on any atom is 0.243 e. The number of piperazine rings is 1. The molecule has 0 spiro atoms. The molecule has 2 bridgehead atoms. The normalized spacial score (nSPS) is 27.9. The lowest BCUT2D eigenvalue weighted by molar-refractivity contribution is -0.133. The van der Waals surface area contributed by atoms with Gasteiger partial charge in [0.15, 0.2) is 5.78 Å². The summed E-state index contributed by atoms with van der Waals surface area (Å²) < 4.78 is 27.1. The fourth-order valence-corrected chi connectivity index (χ4v) is 6.59. The van der Waals surface area contributed by atoms with Crippen LogP contribution in [0.5, 0.6) is 0 Å². The summed E-state index contributed by atoms with van der Waals surface area (Å²) in [7, 11) is -3.60. The first-order valence-corrected chi connectivity index (χ1v) is 11.7. The van der Waals surface area contributed by atoms with Crippen LogP contribution in [-0.2, 0) is 14.8 Å². The number of Topliss-reactive ketones (excluding diaryl/α,β-unsaturated/α-hetero) is 1. The minimum absolute atomic E-state index is 0.0911. The van der Waals surface area contributed by atoms with Crippen molar-refractivity contribution in [2.24, 2.45) is 17.8 Å². The lowest BCUT2D eigenvalue weighted by atomic mass is 9.86. The first-order chi connectivity index (χ1) is 13.3. The Bertz CT molecular complexity index is 857. The summed E-state index contributed by atoms with van der Waals surface area (Å²) in [5, 5.41) is 0. The minimum atomic E-state index is -3.60. The van der Waals surface area contributed by atoms with Gasteiger partial charge in [-0.05, 0) is 56.1 Å². The lowest BCUT2D eigenvalue weighted by Gasteiger charge is -2.35. The van der Waals surface area contributed by atoms with Crippen LogP contribution in [0.25, 0.3) is 0 Å². The number of carbonyl (C=O) groups excluding carboxylic acids is 2. The zero-order valence-corrected chi connectivity index (χ0v) is 17.2. The average molecular weight is 405 g/mol. The number of rotatable bonds is 5. The SMILES string of the molecule is CC(=O)c1ccc(S(=O)(=O)N2CCN(C(=O)C[C@H]3C[C@H]4CC[C@@H]3C4)CC2)cc1. The largest absolute Gasteiger partial charge is 0.340 e. The molecule has 1 saturated heterocycles. The zero-order valence-electron chi connectivity index (χ0n) is 16.3. The van der Waals surface area contributed by atoms with Gasteiger partial charge in [0.1, 0.15) is 0 Å². The van der Waals surface area contributed by atoms with E-state index in [0.717, 1.165) is 11.8 Å². The van der Waals surface area contributed by atoms with E-state index < -0.39 is 10.0 Å². The molecule has 1 aromatic rings. The van der Waals surface area contributed by atoms with Gasteiger partial charge in [-0.2, -0.15) is 4.31 Å². The van der Waals surface area contributed by atoms with Gasteiger partial charge in [-0.1, -0.05) is 18.6 Å². The van der Waals surface area contributed by atoms with Crippen LogP contribution < -0.4 is 0 Å². The van der Waals surface area contributed by atoms with Crippen molar-refractivity contribution in [3.8, 4) is 0 Å². The molecule has 1 heterocycles. The monoisotopic (exact) mass is 404 g/mol. The van der Waals surface area contributed by atoms with Crippen molar-refractivity contribution in [3.05, 3.63) is 29.8 Å². The fraction of sp³-hybridized carbons (Fsp3) is 0.619. The van der Waals surface area contributed by atoms with Gasteiger partial charge in [-0.15, -0.1) is 0 Å². The number of sulfonamides is 1. The van der Waals surface area contributed by atoms with Gasteiger partial charge in [0.25, 0.3) is 0 Å². The Morgan fingerprint density at radius 1 is 1.00 bits per heavy atom. The van der Waals surface area contributed by atoms with E-state index in [9.17, 15) is 18.0 Å². The Morgan fingerprint density at radius 2 is 1.68 bits per heavy atom. The Balaban J connectivity index is 1.34. The number of hydrogen-bond acceptors (Lipinski definition) is 4. The molecular formula is C21H28N2O4S. The molecule has 2 saturated carbocycles. The van der Waals surface area contributed by atoms with Gasteiger partial charge in [0, 0.05) is 38.2 Å². The van der Waals surface area contributed by atoms with E-state index in [-0.39, 0.29) is 16.6 Å². The Labute approximate surface area is 166 Å². The van der Waals surface area contributed by atoms with Crippen LogP contribution in [0.3, 0.4) is 0 Å². The first-order valence-electron chi connectivity index (χ1n) is 10.2. The third-order valence-electron chi connectivity index (χ3n) is 6.81. The van der Waals surface area contributed by atoms with E-state index in [0.29, 0.717) is 44.1 Å². The number of carbonyl (C=O) groups is 2. The predicted molar refractivity (Wildman–Crippen MR) is 105 cm³/mol. The van der Waals surface area contributed by atoms with Gasteiger partial charge in [-0.25, -0.2) is 8.42 Å². The van der Waals surface area contributed by atoms with Gasteiger partial charge < -0.3 is 4.90 Å². The molecule has 3 fully saturated rings.